The molecule has 0 aromatic carbocycles. The molecule has 2 fully saturated rings. The Labute approximate surface area is 175 Å². The predicted molar refractivity (Wildman–Crippen MR) is 99.9 cm³/mol. The van der Waals surface area contributed by atoms with Gasteiger partial charge in [0.2, 0.25) is 11.9 Å². The highest BCUT2D eigenvalue weighted by molar-refractivity contribution is 5.81. The fourth-order valence-electron chi connectivity index (χ4n) is 3.44. The van der Waals surface area contributed by atoms with Crippen molar-refractivity contribution in [2.24, 2.45) is 5.92 Å². The summed E-state index contributed by atoms with van der Waals surface area (Å²) in [5.41, 5.74) is 0. The molecule has 2 aliphatic rings. The number of aromatic nitrogens is 2. The maximum absolute atomic E-state index is 12.3. The average molecular weight is 442 g/mol. The molecule has 0 spiro atoms. The van der Waals surface area contributed by atoms with Crippen LogP contribution in [0.4, 0.5) is 19.1 Å². The van der Waals surface area contributed by atoms with E-state index in [4.69, 9.17) is 19.1 Å². The zero-order valence-corrected chi connectivity index (χ0v) is 16.3. The van der Waals surface area contributed by atoms with Gasteiger partial charge < -0.3 is 24.5 Å². The van der Waals surface area contributed by atoms with E-state index in [2.05, 4.69) is 20.2 Å². The van der Waals surface area contributed by atoms with Crippen LogP contribution >= 0.6 is 0 Å². The third-order valence-electron chi connectivity index (χ3n) is 4.94. The molecule has 2 N–H and O–H groups in total. The van der Waals surface area contributed by atoms with E-state index in [0.29, 0.717) is 12.5 Å². The predicted octanol–water partition coefficient (Wildman–Crippen LogP) is 2.00. The molecule has 3 atom stereocenters. The van der Waals surface area contributed by atoms with Gasteiger partial charge in [0.1, 0.15) is 11.9 Å². The smallest absolute Gasteiger partial charge is 0.475 e. The van der Waals surface area contributed by atoms with Gasteiger partial charge >= 0.3 is 12.1 Å². The Hall–Kier alpha value is -3.15. The number of carboxylic acid groups (broad SMARTS) is 1. The number of alkyl halides is 3. The van der Waals surface area contributed by atoms with Crippen molar-refractivity contribution < 1.29 is 37.0 Å². The van der Waals surface area contributed by atoms with Crippen LogP contribution in [0.15, 0.2) is 41.3 Å². The normalized spacial score (nSPS) is 22.8. The van der Waals surface area contributed by atoms with Gasteiger partial charge in [-0.1, -0.05) is 0 Å². The molecule has 0 bridgehead atoms. The van der Waals surface area contributed by atoms with E-state index in [1.165, 1.54) is 0 Å². The highest BCUT2D eigenvalue weighted by Gasteiger charge is 2.42. The van der Waals surface area contributed by atoms with Crippen LogP contribution in [0, 0.1) is 5.92 Å². The quantitative estimate of drug-likeness (QED) is 0.739. The van der Waals surface area contributed by atoms with Gasteiger partial charge in [0.25, 0.3) is 0 Å². The number of carbonyl (C=O) groups excluding carboxylic acids is 1. The summed E-state index contributed by atoms with van der Waals surface area (Å²) >= 11 is 0. The fraction of sp³-hybridized carbons (Fsp3) is 0.474. The zero-order chi connectivity index (χ0) is 22.4. The number of piperidine rings is 1. The number of halogens is 3. The Morgan fingerprint density at radius 3 is 2.58 bits per heavy atom. The minimum Gasteiger partial charge on any atom is -0.475 e. The van der Waals surface area contributed by atoms with Crippen LogP contribution in [-0.2, 0) is 20.9 Å². The van der Waals surface area contributed by atoms with E-state index >= 15 is 0 Å². The minimum atomic E-state index is -5.08. The molecule has 2 aromatic heterocycles. The van der Waals surface area contributed by atoms with Crippen molar-refractivity contribution in [3.63, 3.8) is 0 Å². The topological polar surface area (TPSA) is 118 Å². The van der Waals surface area contributed by atoms with Crippen LogP contribution in [0.1, 0.15) is 18.6 Å². The lowest BCUT2D eigenvalue weighted by molar-refractivity contribution is -0.192. The molecule has 168 valence electrons. The van der Waals surface area contributed by atoms with Gasteiger partial charge in [0, 0.05) is 25.5 Å². The van der Waals surface area contributed by atoms with Crippen molar-refractivity contribution in [2.45, 2.75) is 37.8 Å². The Bertz CT molecular complexity index is 863. The van der Waals surface area contributed by atoms with Crippen molar-refractivity contribution in [3.05, 3.63) is 42.6 Å². The number of nitrogens with zero attached hydrogens (tertiary/aromatic N) is 3. The van der Waals surface area contributed by atoms with Crippen LogP contribution in [0.2, 0.25) is 0 Å². The standard InChI is InChI=1S/C17H20N4O3.C2HF3O2/c22-16(20-10-13-3-1-8-23-13)14-9-12-4-7-21(11-15(12)24-14)17-18-5-2-6-19-17;3-2(4,5)1(6)7/h1-3,5-6,8,12,14-15H,4,7,9-11H2,(H,20,22);(H,6,7)/t12-,14+,15+;/m0./s1. The van der Waals surface area contributed by atoms with E-state index in [9.17, 15) is 18.0 Å². The highest BCUT2D eigenvalue weighted by Crippen LogP contribution is 2.34. The summed E-state index contributed by atoms with van der Waals surface area (Å²) < 4.78 is 43.0. The number of rotatable bonds is 4. The lowest BCUT2D eigenvalue weighted by atomic mass is 9.92. The van der Waals surface area contributed by atoms with Crippen molar-refractivity contribution in [1.29, 1.82) is 0 Å². The second kappa shape index (κ2) is 9.77. The average Bonchev–Trinajstić information content (AvgIpc) is 3.41. The third-order valence-corrected chi connectivity index (χ3v) is 4.94. The van der Waals surface area contributed by atoms with Gasteiger partial charge in [-0.2, -0.15) is 13.2 Å². The monoisotopic (exact) mass is 442 g/mol. The van der Waals surface area contributed by atoms with E-state index in [1.54, 1.807) is 18.7 Å². The first kappa shape index (κ1) is 22.5. The molecule has 31 heavy (non-hydrogen) atoms. The van der Waals surface area contributed by atoms with Crippen molar-refractivity contribution in [2.75, 3.05) is 18.0 Å². The number of ether oxygens (including phenoxy) is 1. The van der Waals surface area contributed by atoms with E-state index < -0.39 is 12.1 Å². The van der Waals surface area contributed by atoms with Crippen LogP contribution < -0.4 is 10.2 Å². The molecule has 4 rings (SSSR count). The summed E-state index contributed by atoms with van der Waals surface area (Å²) in [6.07, 6.45) is 1.45. The van der Waals surface area contributed by atoms with Crippen LogP contribution in [-0.4, -0.2) is 58.4 Å². The van der Waals surface area contributed by atoms with Gasteiger partial charge in [-0.3, -0.25) is 4.79 Å². The number of furan rings is 1. The molecule has 0 unspecified atom stereocenters. The zero-order valence-electron chi connectivity index (χ0n) is 16.3. The van der Waals surface area contributed by atoms with Gasteiger partial charge in [0.15, 0.2) is 0 Å². The first-order chi connectivity index (χ1) is 14.7. The summed E-state index contributed by atoms with van der Waals surface area (Å²) in [7, 11) is 0. The Balaban J connectivity index is 0.000000339. The molecule has 2 saturated heterocycles. The van der Waals surface area contributed by atoms with Crippen LogP contribution in [0.25, 0.3) is 0 Å². The second-order valence-corrected chi connectivity index (χ2v) is 7.04. The summed E-state index contributed by atoms with van der Waals surface area (Å²) in [5, 5.41) is 10.0. The van der Waals surface area contributed by atoms with Crippen LogP contribution in [0.5, 0.6) is 0 Å². The maximum atomic E-state index is 12.3. The number of amides is 1. The molecule has 0 radical (unpaired) electrons. The van der Waals surface area contributed by atoms with Crippen molar-refractivity contribution >= 4 is 17.8 Å². The summed E-state index contributed by atoms with van der Waals surface area (Å²) in [5.74, 6) is -0.934. The number of carboxylic acids is 1. The fourth-order valence-corrected chi connectivity index (χ4v) is 3.44. The summed E-state index contributed by atoms with van der Waals surface area (Å²) in [4.78, 5) is 31.9. The lowest BCUT2D eigenvalue weighted by Gasteiger charge is -2.33. The largest absolute Gasteiger partial charge is 0.490 e. The molecule has 12 heteroatoms. The Morgan fingerprint density at radius 2 is 1.97 bits per heavy atom. The lowest BCUT2D eigenvalue weighted by Crippen LogP contribution is -2.43. The van der Waals surface area contributed by atoms with Gasteiger partial charge in [-0.15, -0.1) is 0 Å². The molecule has 4 heterocycles. The van der Waals surface area contributed by atoms with E-state index in [-0.39, 0.29) is 18.1 Å². The number of carbonyl (C=O) groups is 2. The highest BCUT2D eigenvalue weighted by atomic mass is 19.4. The molecule has 9 nitrogen and oxygen atoms in total. The molecule has 1 amide bonds. The second-order valence-electron chi connectivity index (χ2n) is 7.04. The summed E-state index contributed by atoms with van der Waals surface area (Å²) in [6.45, 7) is 2.02. The molecule has 2 aliphatic heterocycles. The van der Waals surface area contributed by atoms with Gasteiger partial charge in [-0.05, 0) is 37.0 Å². The van der Waals surface area contributed by atoms with Crippen molar-refractivity contribution in [1.82, 2.24) is 15.3 Å². The van der Waals surface area contributed by atoms with Crippen LogP contribution in [0.3, 0.4) is 0 Å². The Morgan fingerprint density at radius 1 is 1.26 bits per heavy atom. The minimum absolute atomic E-state index is 0.0573. The van der Waals surface area contributed by atoms with Crippen molar-refractivity contribution in [3.8, 4) is 0 Å². The van der Waals surface area contributed by atoms with Gasteiger partial charge in [-0.25, -0.2) is 14.8 Å². The third kappa shape index (κ3) is 6.17. The SMILES string of the molecule is O=C(NCc1ccco1)[C@H]1C[C@@H]2CCN(c3ncccn3)C[C@H]2O1.O=C(O)C(F)(F)F. The number of nitrogens with one attached hydrogen (secondary N) is 1. The number of aliphatic carboxylic acids is 1. The molecule has 0 saturated carbocycles. The number of hydrogen-bond acceptors (Lipinski definition) is 7. The van der Waals surface area contributed by atoms with E-state index in [1.807, 2.05) is 18.2 Å². The van der Waals surface area contributed by atoms with Gasteiger partial charge in [0.05, 0.1) is 18.9 Å². The van der Waals surface area contributed by atoms with E-state index in [0.717, 1.165) is 37.6 Å². The molecular formula is C19H21F3N4O5. The first-order valence-corrected chi connectivity index (χ1v) is 9.51. The Kier molecular flexibility index (Phi) is 7.10. The number of anilines is 1. The molecule has 2 aromatic rings. The number of hydrogen-bond donors (Lipinski definition) is 2. The molecular weight excluding hydrogens is 421 g/mol. The number of fused-ring (bicyclic) bond motifs is 1. The summed E-state index contributed by atoms with van der Waals surface area (Å²) in [6, 6.07) is 5.46. The molecule has 0 aliphatic carbocycles. The first-order valence-electron chi connectivity index (χ1n) is 9.51. The maximum Gasteiger partial charge on any atom is 0.490 e.